The van der Waals surface area contributed by atoms with E-state index in [-0.39, 0.29) is 6.04 Å². The first kappa shape index (κ1) is 15.4. The van der Waals surface area contributed by atoms with E-state index in [4.69, 9.17) is 0 Å². The lowest BCUT2D eigenvalue weighted by atomic mass is 9.77. The maximum absolute atomic E-state index is 10.1. The fourth-order valence-electron chi connectivity index (χ4n) is 3.63. The van der Waals surface area contributed by atoms with Crippen molar-refractivity contribution in [2.45, 2.75) is 65.0 Å². The van der Waals surface area contributed by atoms with Crippen molar-refractivity contribution >= 4 is 0 Å². The number of phenolic OH excluding ortho intramolecular Hbond substituents is 1. The van der Waals surface area contributed by atoms with Gasteiger partial charge in [0.2, 0.25) is 0 Å². The number of benzene rings is 1. The molecule has 1 aromatic rings. The molecule has 1 aromatic carbocycles. The number of hydrogen-bond donors (Lipinski definition) is 2. The van der Waals surface area contributed by atoms with Gasteiger partial charge in [-0.2, -0.15) is 0 Å². The molecule has 3 unspecified atom stereocenters. The molecule has 0 amide bonds. The van der Waals surface area contributed by atoms with Gasteiger partial charge in [-0.3, -0.25) is 0 Å². The Labute approximate surface area is 123 Å². The second-order valence-electron chi connectivity index (χ2n) is 6.49. The Hall–Kier alpha value is -1.02. The highest BCUT2D eigenvalue weighted by Gasteiger charge is 2.29. The van der Waals surface area contributed by atoms with E-state index in [1.807, 2.05) is 18.2 Å². The lowest BCUT2D eigenvalue weighted by Crippen LogP contribution is -2.42. The maximum atomic E-state index is 10.1. The van der Waals surface area contributed by atoms with Crippen LogP contribution >= 0.6 is 0 Å². The number of hydrogen-bond acceptors (Lipinski definition) is 2. The summed E-state index contributed by atoms with van der Waals surface area (Å²) in [5.41, 5.74) is 1.04. The predicted molar refractivity (Wildman–Crippen MR) is 84.9 cm³/mol. The molecule has 0 radical (unpaired) electrons. The van der Waals surface area contributed by atoms with Crippen molar-refractivity contribution in [2.75, 3.05) is 0 Å². The summed E-state index contributed by atoms with van der Waals surface area (Å²) in [5.74, 6) is 1.92. The Morgan fingerprint density at radius 3 is 2.55 bits per heavy atom. The minimum atomic E-state index is 0.264. The second kappa shape index (κ2) is 7.12. The van der Waals surface area contributed by atoms with Crippen molar-refractivity contribution in [1.29, 1.82) is 0 Å². The van der Waals surface area contributed by atoms with Gasteiger partial charge in [0, 0.05) is 17.6 Å². The molecule has 1 aliphatic rings. The van der Waals surface area contributed by atoms with Crippen molar-refractivity contribution in [3.8, 4) is 5.75 Å². The summed E-state index contributed by atoms with van der Waals surface area (Å²) >= 11 is 0. The molecule has 2 rings (SSSR count). The van der Waals surface area contributed by atoms with Gasteiger partial charge in [0.25, 0.3) is 0 Å². The SMILES string of the molecule is CCC(NC1CCCCC1C(C)C)c1ccccc1O. The first-order valence-electron chi connectivity index (χ1n) is 8.17. The van der Waals surface area contributed by atoms with E-state index < -0.39 is 0 Å². The molecule has 2 N–H and O–H groups in total. The molecule has 0 aromatic heterocycles. The average Bonchev–Trinajstić information content (AvgIpc) is 2.46. The van der Waals surface area contributed by atoms with Crippen LogP contribution in [0.1, 0.15) is 64.5 Å². The minimum absolute atomic E-state index is 0.264. The zero-order valence-electron chi connectivity index (χ0n) is 13.1. The van der Waals surface area contributed by atoms with Gasteiger partial charge in [-0.15, -0.1) is 0 Å². The Kier molecular flexibility index (Phi) is 5.47. The molecule has 0 spiro atoms. The maximum Gasteiger partial charge on any atom is 0.120 e. The van der Waals surface area contributed by atoms with Gasteiger partial charge < -0.3 is 10.4 Å². The van der Waals surface area contributed by atoms with Crippen LogP contribution in [0.5, 0.6) is 5.75 Å². The molecule has 1 saturated carbocycles. The summed E-state index contributed by atoms with van der Waals surface area (Å²) in [6.45, 7) is 6.87. The summed E-state index contributed by atoms with van der Waals surface area (Å²) in [7, 11) is 0. The highest BCUT2D eigenvalue weighted by Crippen LogP contribution is 2.33. The van der Waals surface area contributed by atoms with Crippen LogP contribution in [-0.2, 0) is 0 Å². The standard InChI is InChI=1S/C18H29NO/c1-4-16(15-10-6-8-12-18(15)20)19-17-11-7-5-9-14(17)13(2)3/h6,8,10,12-14,16-17,19-20H,4-5,7,9,11H2,1-3H3. The Morgan fingerprint density at radius 2 is 1.90 bits per heavy atom. The second-order valence-corrected chi connectivity index (χ2v) is 6.49. The molecule has 0 heterocycles. The first-order valence-corrected chi connectivity index (χ1v) is 8.17. The molecule has 3 atom stereocenters. The number of para-hydroxylation sites is 1. The molecular weight excluding hydrogens is 246 g/mol. The Morgan fingerprint density at radius 1 is 1.20 bits per heavy atom. The van der Waals surface area contributed by atoms with Gasteiger partial charge in [-0.1, -0.05) is 51.8 Å². The zero-order valence-corrected chi connectivity index (χ0v) is 13.1. The molecule has 2 heteroatoms. The van der Waals surface area contributed by atoms with Crippen molar-refractivity contribution in [1.82, 2.24) is 5.32 Å². The highest BCUT2D eigenvalue weighted by atomic mass is 16.3. The molecule has 2 nitrogen and oxygen atoms in total. The molecule has 1 aliphatic carbocycles. The van der Waals surface area contributed by atoms with Crippen LogP contribution in [0.4, 0.5) is 0 Å². The van der Waals surface area contributed by atoms with Crippen molar-refractivity contribution < 1.29 is 5.11 Å². The molecule has 0 bridgehead atoms. The summed E-state index contributed by atoms with van der Waals surface area (Å²) in [6.07, 6.45) is 6.32. The Balaban J connectivity index is 2.11. The van der Waals surface area contributed by atoms with Gasteiger partial charge in [-0.25, -0.2) is 0 Å². The van der Waals surface area contributed by atoms with E-state index in [0.717, 1.165) is 23.8 Å². The van der Waals surface area contributed by atoms with E-state index in [0.29, 0.717) is 11.8 Å². The first-order chi connectivity index (χ1) is 9.63. The van der Waals surface area contributed by atoms with Crippen LogP contribution in [0, 0.1) is 11.8 Å². The Bertz CT molecular complexity index is 416. The summed E-state index contributed by atoms with van der Waals surface area (Å²) in [5, 5.41) is 13.9. The van der Waals surface area contributed by atoms with Gasteiger partial charge >= 0.3 is 0 Å². The van der Waals surface area contributed by atoms with Gasteiger partial charge in [0.1, 0.15) is 5.75 Å². The number of aromatic hydroxyl groups is 1. The largest absolute Gasteiger partial charge is 0.508 e. The number of nitrogens with one attached hydrogen (secondary N) is 1. The minimum Gasteiger partial charge on any atom is -0.508 e. The van der Waals surface area contributed by atoms with Crippen LogP contribution in [0.15, 0.2) is 24.3 Å². The third kappa shape index (κ3) is 3.54. The van der Waals surface area contributed by atoms with Crippen LogP contribution in [0.2, 0.25) is 0 Å². The highest BCUT2D eigenvalue weighted by molar-refractivity contribution is 5.34. The van der Waals surface area contributed by atoms with E-state index >= 15 is 0 Å². The molecule has 1 fully saturated rings. The number of phenols is 1. The monoisotopic (exact) mass is 275 g/mol. The van der Waals surface area contributed by atoms with Crippen LogP contribution in [-0.4, -0.2) is 11.1 Å². The topological polar surface area (TPSA) is 32.3 Å². The summed E-state index contributed by atoms with van der Waals surface area (Å²) < 4.78 is 0. The molecular formula is C18H29NO. The van der Waals surface area contributed by atoms with Gasteiger partial charge in [0.05, 0.1) is 0 Å². The van der Waals surface area contributed by atoms with E-state index in [1.54, 1.807) is 6.07 Å². The van der Waals surface area contributed by atoms with E-state index in [9.17, 15) is 5.11 Å². The predicted octanol–water partition coefficient (Wildman–Crippen LogP) is 4.65. The smallest absolute Gasteiger partial charge is 0.120 e. The van der Waals surface area contributed by atoms with Crippen LogP contribution < -0.4 is 5.32 Å². The lowest BCUT2D eigenvalue weighted by molar-refractivity contribution is 0.190. The van der Waals surface area contributed by atoms with Crippen molar-refractivity contribution in [2.24, 2.45) is 11.8 Å². The molecule has 20 heavy (non-hydrogen) atoms. The molecule has 0 saturated heterocycles. The van der Waals surface area contributed by atoms with E-state index in [2.05, 4.69) is 26.1 Å². The number of rotatable bonds is 5. The van der Waals surface area contributed by atoms with Crippen molar-refractivity contribution in [3.05, 3.63) is 29.8 Å². The fourth-order valence-corrected chi connectivity index (χ4v) is 3.63. The fraction of sp³-hybridized carbons (Fsp3) is 0.667. The van der Waals surface area contributed by atoms with Gasteiger partial charge in [0.15, 0.2) is 0 Å². The third-order valence-electron chi connectivity index (χ3n) is 4.81. The lowest BCUT2D eigenvalue weighted by Gasteiger charge is -2.37. The zero-order chi connectivity index (χ0) is 14.5. The van der Waals surface area contributed by atoms with Crippen LogP contribution in [0.3, 0.4) is 0 Å². The van der Waals surface area contributed by atoms with E-state index in [1.165, 1.54) is 25.7 Å². The summed E-state index contributed by atoms with van der Waals surface area (Å²) in [6, 6.07) is 8.60. The molecule has 0 aliphatic heterocycles. The quantitative estimate of drug-likeness (QED) is 0.820. The molecule has 112 valence electrons. The third-order valence-corrected chi connectivity index (χ3v) is 4.81. The van der Waals surface area contributed by atoms with Crippen LogP contribution in [0.25, 0.3) is 0 Å². The average molecular weight is 275 g/mol. The van der Waals surface area contributed by atoms with Crippen molar-refractivity contribution in [3.63, 3.8) is 0 Å². The summed E-state index contributed by atoms with van der Waals surface area (Å²) in [4.78, 5) is 0. The van der Waals surface area contributed by atoms with Gasteiger partial charge in [-0.05, 0) is 37.2 Å². The normalized spacial score (nSPS) is 24.8.